The van der Waals surface area contributed by atoms with Crippen molar-refractivity contribution in [1.29, 1.82) is 0 Å². The predicted molar refractivity (Wildman–Crippen MR) is 171 cm³/mol. The summed E-state index contributed by atoms with van der Waals surface area (Å²) in [6.07, 6.45) is 0.641. The van der Waals surface area contributed by atoms with E-state index in [-0.39, 0.29) is 40.4 Å². The van der Waals surface area contributed by atoms with Gasteiger partial charge in [-0.25, -0.2) is 9.18 Å². The molecule has 2 saturated carbocycles. The molecule has 14 heteroatoms. The van der Waals surface area contributed by atoms with Gasteiger partial charge in [-0.15, -0.1) is 11.8 Å². The first kappa shape index (κ1) is 31.1. The number of hydrogen-bond acceptors (Lipinski definition) is 8. The topological polar surface area (TPSA) is 146 Å². The fraction of sp³-hybridized carbons (Fsp3) is 0.406. The van der Waals surface area contributed by atoms with Crippen molar-refractivity contribution in [2.75, 3.05) is 11.9 Å². The zero-order valence-electron chi connectivity index (χ0n) is 24.6. The third kappa shape index (κ3) is 5.00. The Labute approximate surface area is 279 Å². The summed E-state index contributed by atoms with van der Waals surface area (Å²) in [4.78, 5) is 70.0. The van der Waals surface area contributed by atoms with E-state index in [0.717, 1.165) is 31.2 Å². The minimum atomic E-state index is -1.24. The maximum Gasteiger partial charge on any atom is 0.327 e. The SMILES string of the molecule is CC(C)C(C(=O)O)N1C(=O)C2C3CC(C2C1=O)C1C3Sc2[nH]c(=O)sc2[C@@H]1c1cc(Br)ccc1OCC(=O)Nc1ccc(F)cc1. The molecule has 3 fully saturated rings. The molecule has 46 heavy (non-hydrogen) atoms. The predicted octanol–water partition coefficient (Wildman–Crippen LogP) is 4.94. The summed E-state index contributed by atoms with van der Waals surface area (Å²) >= 11 is 6.19. The second-order valence-corrected chi connectivity index (χ2v) is 15.7. The zero-order chi connectivity index (χ0) is 32.6. The lowest BCUT2D eigenvalue weighted by Crippen LogP contribution is -2.49. The zero-order valence-corrected chi connectivity index (χ0v) is 27.8. The van der Waals surface area contributed by atoms with Crippen LogP contribution in [-0.4, -0.2) is 56.6 Å². The van der Waals surface area contributed by atoms with Crippen LogP contribution in [0.3, 0.4) is 0 Å². The molecule has 3 amide bonds. The van der Waals surface area contributed by atoms with E-state index in [1.54, 1.807) is 26.0 Å². The highest BCUT2D eigenvalue weighted by Gasteiger charge is 2.70. The number of carboxylic acids is 1. The Morgan fingerprint density at radius 3 is 2.48 bits per heavy atom. The monoisotopic (exact) mass is 729 g/mol. The van der Waals surface area contributed by atoms with E-state index in [1.807, 2.05) is 6.07 Å². The maximum absolute atomic E-state index is 14.0. The number of likely N-dealkylation sites (tertiary alicyclic amines) is 1. The molecule has 1 aromatic heterocycles. The number of nitrogens with one attached hydrogen (secondary N) is 2. The molecule has 0 radical (unpaired) electrons. The van der Waals surface area contributed by atoms with Crippen LogP contribution < -0.4 is 14.9 Å². The van der Waals surface area contributed by atoms with Gasteiger partial charge in [-0.3, -0.25) is 24.1 Å². The third-order valence-electron chi connectivity index (χ3n) is 9.71. The van der Waals surface area contributed by atoms with Crippen LogP contribution in [0.25, 0.3) is 0 Å². The summed E-state index contributed by atoms with van der Waals surface area (Å²) in [7, 11) is 0. The van der Waals surface area contributed by atoms with Crippen LogP contribution in [0.15, 0.2) is 56.8 Å². The minimum absolute atomic E-state index is 0.110. The van der Waals surface area contributed by atoms with Crippen LogP contribution in [0.2, 0.25) is 0 Å². The number of carboxylic acid groups (broad SMARTS) is 1. The molecular formula is C32H29BrFN3O7S2. The van der Waals surface area contributed by atoms with Crippen LogP contribution >= 0.6 is 39.0 Å². The van der Waals surface area contributed by atoms with E-state index in [2.05, 4.69) is 26.2 Å². The number of fused-ring (bicyclic) bond motifs is 9. The van der Waals surface area contributed by atoms with Crippen molar-refractivity contribution in [2.45, 2.75) is 42.5 Å². The van der Waals surface area contributed by atoms with Gasteiger partial charge in [0, 0.05) is 31.8 Å². The quantitative estimate of drug-likeness (QED) is 0.277. The number of amides is 3. The molecule has 8 atom stereocenters. The lowest BCUT2D eigenvalue weighted by Gasteiger charge is -2.43. The highest BCUT2D eigenvalue weighted by Crippen LogP contribution is 2.69. The van der Waals surface area contributed by atoms with Crippen molar-refractivity contribution in [3.05, 3.63) is 72.9 Å². The van der Waals surface area contributed by atoms with Crippen molar-refractivity contribution in [3.63, 3.8) is 0 Å². The van der Waals surface area contributed by atoms with Gasteiger partial charge in [0.15, 0.2) is 6.61 Å². The number of nitrogens with zero attached hydrogens (tertiary/aromatic N) is 1. The molecule has 7 unspecified atom stereocenters. The van der Waals surface area contributed by atoms with Gasteiger partial charge < -0.3 is 20.1 Å². The molecule has 1 saturated heterocycles. The number of H-pyrrole nitrogens is 1. The fourth-order valence-electron chi connectivity index (χ4n) is 8.12. The van der Waals surface area contributed by atoms with E-state index in [4.69, 9.17) is 4.74 Å². The Bertz CT molecular complexity index is 1830. The van der Waals surface area contributed by atoms with Crippen LogP contribution in [0.5, 0.6) is 5.75 Å². The molecular weight excluding hydrogens is 701 g/mol. The molecule has 2 bridgehead atoms. The molecule has 240 valence electrons. The Morgan fingerprint density at radius 1 is 1.11 bits per heavy atom. The average Bonchev–Trinajstić information content (AvgIpc) is 3.73. The van der Waals surface area contributed by atoms with Gasteiger partial charge in [-0.1, -0.05) is 41.1 Å². The number of halogens is 2. The van der Waals surface area contributed by atoms with E-state index in [1.165, 1.54) is 36.0 Å². The number of imide groups is 1. The van der Waals surface area contributed by atoms with Gasteiger partial charge in [0.1, 0.15) is 17.6 Å². The van der Waals surface area contributed by atoms with Crippen molar-refractivity contribution >= 4 is 68.4 Å². The first-order valence-electron chi connectivity index (χ1n) is 14.9. The number of hydrogen-bond donors (Lipinski definition) is 3. The van der Waals surface area contributed by atoms with E-state index in [9.17, 15) is 33.5 Å². The molecule has 7 rings (SSSR count). The van der Waals surface area contributed by atoms with E-state index < -0.39 is 53.3 Å². The number of thioether (sulfide) groups is 1. The Morgan fingerprint density at radius 2 is 1.80 bits per heavy atom. The normalized spacial score (nSPS) is 28.2. The summed E-state index contributed by atoms with van der Waals surface area (Å²) in [6.45, 7) is 3.05. The largest absolute Gasteiger partial charge is 0.483 e. The van der Waals surface area contributed by atoms with Gasteiger partial charge in [-0.2, -0.15) is 0 Å². The van der Waals surface area contributed by atoms with Crippen molar-refractivity contribution in [2.24, 2.45) is 35.5 Å². The van der Waals surface area contributed by atoms with Crippen LogP contribution in [-0.2, 0) is 19.2 Å². The lowest BCUT2D eigenvalue weighted by atomic mass is 9.68. The number of thiazole rings is 1. The van der Waals surface area contributed by atoms with Gasteiger partial charge in [0.2, 0.25) is 11.8 Å². The van der Waals surface area contributed by atoms with Gasteiger partial charge in [0.25, 0.3) is 5.91 Å². The van der Waals surface area contributed by atoms with Crippen LogP contribution in [0.1, 0.15) is 36.6 Å². The Balaban J connectivity index is 1.24. The highest BCUT2D eigenvalue weighted by atomic mass is 79.9. The lowest BCUT2D eigenvalue weighted by molar-refractivity contribution is -0.157. The Hall–Kier alpha value is -3.49. The molecule has 3 heterocycles. The number of carbonyl (C=O) groups is 4. The van der Waals surface area contributed by atoms with Crippen LogP contribution in [0.4, 0.5) is 10.1 Å². The highest BCUT2D eigenvalue weighted by molar-refractivity contribution is 9.10. The van der Waals surface area contributed by atoms with Crippen molar-refractivity contribution in [3.8, 4) is 5.75 Å². The summed E-state index contributed by atoms with van der Waals surface area (Å²) in [5.41, 5.74) is 1.16. The molecule has 2 aromatic carbocycles. The average molecular weight is 731 g/mol. The number of aromatic amines is 1. The number of ether oxygens (including phenoxy) is 1. The molecule has 2 aliphatic carbocycles. The molecule has 2 aliphatic heterocycles. The molecule has 4 aliphatic rings. The molecule has 10 nitrogen and oxygen atoms in total. The number of aliphatic carboxylic acids is 1. The second-order valence-electron chi connectivity index (χ2n) is 12.6. The van der Waals surface area contributed by atoms with Crippen molar-refractivity contribution < 1.29 is 33.4 Å². The number of carbonyl (C=O) groups excluding carboxylic acids is 3. The van der Waals surface area contributed by atoms with E-state index >= 15 is 0 Å². The standard InChI is InChI=1S/C32H29BrFN3O7S2/c1-12(2)25(31(41)42)37-29(39)23-17-10-18(24(23)30(37)40)26-22(17)21(27-28(45-26)36-32(43)46-27)16-9-13(33)3-8-19(16)44-11-20(38)35-15-6-4-14(34)5-7-15/h3-9,12,17-18,21-26H,10-11H2,1-2H3,(H,35,38)(H,36,43)(H,41,42)/t17?,18?,21-,22?,23?,24?,25?,26?/m1/s1. The maximum atomic E-state index is 14.0. The summed E-state index contributed by atoms with van der Waals surface area (Å²) in [5, 5.41) is 13.2. The number of rotatable bonds is 8. The number of anilines is 1. The third-order valence-corrected chi connectivity index (χ3v) is 12.8. The summed E-state index contributed by atoms with van der Waals surface area (Å²) in [5.74, 6) is -5.11. The molecule has 3 N–H and O–H groups in total. The van der Waals surface area contributed by atoms with Crippen molar-refractivity contribution in [1.82, 2.24) is 9.88 Å². The summed E-state index contributed by atoms with van der Waals surface area (Å²) < 4.78 is 20.2. The van der Waals surface area contributed by atoms with Gasteiger partial charge >= 0.3 is 10.8 Å². The first-order valence-corrected chi connectivity index (χ1v) is 17.4. The fourth-order valence-corrected chi connectivity index (χ4v) is 11.4. The van der Waals surface area contributed by atoms with Crippen LogP contribution in [0, 0.1) is 41.3 Å². The van der Waals surface area contributed by atoms with Gasteiger partial charge in [0.05, 0.1) is 16.9 Å². The summed E-state index contributed by atoms with van der Waals surface area (Å²) in [6, 6.07) is 9.59. The first-order chi connectivity index (χ1) is 21.9. The number of aromatic nitrogens is 1. The number of benzene rings is 2. The molecule has 3 aromatic rings. The second kappa shape index (κ2) is 11.6. The van der Waals surface area contributed by atoms with Gasteiger partial charge in [-0.05, 0) is 72.6 Å². The Kier molecular flexibility index (Phi) is 7.87. The minimum Gasteiger partial charge on any atom is -0.483 e. The van der Waals surface area contributed by atoms with E-state index in [0.29, 0.717) is 22.9 Å². The smallest absolute Gasteiger partial charge is 0.327 e. The molecule has 0 spiro atoms.